The number of aliphatic hydroxyl groups is 1. The van der Waals surface area contributed by atoms with Gasteiger partial charge in [-0.15, -0.1) is 11.3 Å². The lowest BCUT2D eigenvalue weighted by molar-refractivity contribution is -0.00588. The molecule has 2 rings (SSSR count). The highest BCUT2D eigenvalue weighted by molar-refractivity contribution is 7.15. The third kappa shape index (κ3) is 3.89. The Labute approximate surface area is 137 Å². The summed E-state index contributed by atoms with van der Waals surface area (Å²) in [6.07, 6.45) is -3.42. The first-order valence-corrected chi connectivity index (χ1v) is 7.85. The number of hydrogen-bond acceptors (Lipinski definition) is 6. The maximum absolute atomic E-state index is 12.6. The van der Waals surface area contributed by atoms with Crippen LogP contribution in [-0.4, -0.2) is 29.7 Å². The zero-order chi connectivity index (χ0) is 17.1. The number of benzene rings is 1. The van der Waals surface area contributed by atoms with Crippen LogP contribution in [0.1, 0.15) is 25.0 Å². The average Bonchev–Trinajstić information content (AvgIpc) is 2.96. The molecule has 0 radical (unpaired) electrons. The molecule has 0 bridgehead atoms. The van der Waals surface area contributed by atoms with E-state index in [1.54, 1.807) is 19.2 Å². The van der Waals surface area contributed by atoms with Gasteiger partial charge < -0.3 is 20.9 Å². The number of nitrogens with two attached hydrogens (primary N) is 1. The molecule has 1 aromatic heterocycles. The number of thiazole rings is 1. The normalized spacial score (nSPS) is 12.7. The lowest BCUT2D eigenvalue weighted by Crippen LogP contribution is -2.09. The minimum atomic E-state index is -2.88. The number of rotatable bonds is 6. The van der Waals surface area contributed by atoms with Crippen molar-refractivity contribution in [2.24, 2.45) is 0 Å². The summed E-state index contributed by atoms with van der Waals surface area (Å²) in [5.74, 6) is 0.568. The van der Waals surface area contributed by atoms with Crippen LogP contribution in [0.25, 0.3) is 10.4 Å². The number of ether oxygens (including phenoxy) is 1. The number of anilines is 2. The molecule has 1 unspecified atom stereocenters. The Kier molecular flexibility index (Phi) is 5.38. The third-order valence-electron chi connectivity index (χ3n) is 3.01. The molecule has 0 fully saturated rings. The van der Waals surface area contributed by atoms with Crippen LogP contribution in [0.15, 0.2) is 18.3 Å². The summed E-state index contributed by atoms with van der Waals surface area (Å²) in [7, 11) is 1.74. The summed E-state index contributed by atoms with van der Waals surface area (Å²) in [6.45, 7) is 3.77. The maximum Gasteiger partial charge on any atom is 0.270 e. The van der Waals surface area contributed by atoms with Gasteiger partial charge in [0.2, 0.25) is 0 Å². The number of aliphatic hydroxyl groups excluding tert-OH is 1. The van der Waals surface area contributed by atoms with Crippen molar-refractivity contribution in [1.29, 1.82) is 0 Å². The summed E-state index contributed by atoms with van der Waals surface area (Å²) in [6, 6.07) is 3.43. The van der Waals surface area contributed by atoms with Crippen LogP contribution in [0.2, 0.25) is 0 Å². The van der Waals surface area contributed by atoms with Gasteiger partial charge in [-0.25, -0.2) is 13.8 Å². The Bertz CT molecular complexity index is 677. The van der Waals surface area contributed by atoms with Gasteiger partial charge in [-0.2, -0.15) is 0 Å². The molecular formula is C15H19F2N3O2S. The largest absolute Gasteiger partial charge is 0.488 e. The van der Waals surface area contributed by atoms with Crippen LogP contribution in [0, 0.1) is 0 Å². The standard InChI is InChI=1S/C15H19F2N3O2S/c1-7(2)22-13-9(4-8(18)5-10(13)19-3)11-6-20-15(23-11)12(21)14(16)17/h4-7,12,14,19,21H,18H2,1-3H3. The number of nitrogen functional groups attached to an aromatic ring is 1. The van der Waals surface area contributed by atoms with Gasteiger partial charge in [0, 0.05) is 24.5 Å². The zero-order valence-electron chi connectivity index (χ0n) is 13.0. The Morgan fingerprint density at radius 2 is 2.04 bits per heavy atom. The summed E-state index contributed by atoms with van der Waals surface area (Å²) >= 11 is 0.987. The Hall–Kier alpha value is -1.93. The van der Waals surface area contributed by atoms with Crippen molar-refractivity contribution in [3.63, 3.8) is 0 Å². The van der Waals surface area contributed by atoms with Gasteiger partial charge in [0.15, 0.2) is 11.9 Å². The van der Waals surface area contributed by atoms with Crippen molar-refractivity contribution in [2.45, 2.75) is 32.5 Å². The fourth-order valence-corrected chi connectivity index (χ4v) is 2.96. The molecule has 8 heteroatoms. The summed E-state index contributed by atoms with van der Waals surface area (Å²) < 4.78 is 31.1. The highest BCUT2D eigenvalue weighted by Crippen LogP contribution is 2.42. The number of hydrogen-bond donors (Lipinski definition) is 3. The minimum absolute atomic E-state index is 0.0427. The maximum atomic E-state index is 12.6. The SMILES string of the molecule is CNc1cc(N)cc(-c2cnc(C(O)C(F)F)s2)c1OC(C)C. The zero-order valence-corrected chi connectivity index (χ0v) is 13.8. The fraction of sp³-hybridized carbons (Fsp3) is 0.400. The van der Waals surface area contributed by atoms with Gasteiger partial charge in [-0.3, -0.25) is 0 Å². The third-order valence-corrected chi connectivity index (χ3v) is 4.12. The number of halogens is 2. The van der Waals surface area contributed by atoms with E-state index in [-0.39, 0.29) is 11.1 Å². The molecule has 2 aromatic rings. The molecule has 1 aromatic carbocycles. The number of aromatic nitrogens is 1. The highest BCUT2D eigenvalue weighted by Gasteiger charge is 2.24. The molecule has 0 aliphatic rings. The van der Waals surface area contributed by atoms with Crippen LogP contribution < -0.4 is 15.8 Å². The number of nitrogens with one attached hydrogen (secondary N) is 1. The molecule has 0 aliphatic heterocycles. The van der Waals surface area contributed by atoms with E-state index >= 15 is 0 Å². The van der Waals surface area contributed by atoms with Gasteiger partial charge in [0.05, 0.1) is 16.7 Å². The first-order valence-electron chi connectivity index (χ1n) is 7.03. The molecule has 0 aliphatic carbocycles. The van der Waals surface area contributed by atoms with Crippen molar-refractivity contribution in [1.82, 2.24) is 4.98 Å². The summed E-state index contributed by atoms with van der Waals surface area (Å²) in [5, 5.41) is 12.4. The smallest absolute Gasteiger partial charge is 0.270 e. The first kappa shape index (κ1) is 17.4. The molecule has 0 saturated carbocycles. The summed E-state index contributed by atoms with van der Waals surface area (Å²) in [5.41, 5.74) is 7.75. The van der Waals surface area contributed by atoms with Crippen LogP contribution >= 0.6 is 11.3 Å². The molecular weight excluding hydrogens is 324 g/mol. The van der Waals surface area contributed by atoms with E-state index in [0.717, 1.165) is 11.3 Å². The molecule has 126 valence electrons. The lowest BCUT2D eigenvalue weighted by atomic mass is 10.1. The van der Waals surface area contributed by atoms with Crippen molar-refractivity contribution >= 4 is 22.7 Å². The second-order valence-corrected chi connectivity index (χ2v) is 6.27. The minimum Gasteiger partial charge on any atom is -0.488 e. The molecule has 23 heavy (non-hydrogen) atoms. The lowest BCUT2D eigenvalue weighted by Gasteiger charge is -2.18. The molecule has 0 saturated heterocycles. The quantitative estimate of drug-likeness (QED) is 0.699. The highest BCUT2D eigenvalue weighted by atomic mass is 32.1. The van der Waals surface area contributed by atoms with Gasteiger partial charge in [0.25, 0.3) is 6.43 Å². The van der Waals surface area contributed by atoms with E-state index in [1.807, 2.05) is 13.8 Å². The van der Waals surface area contributed by atoms with E-state index in [9.17, 15) is 13.9 Å². The first-order chi connectivity index (χ1) is 10.8. The molecule has 5 nitrogen and oxygen atoms in total. The summed E-state index contributed by atoms with van der Waals surface area (Å²) in [4.78, 5) is 4.49. The van der Waals surface area contributed by atoms with E-state index in [1.165, 1.54) is 6.20 Å². The second-order valence-electron chi connectivity index (χ2n) is 5.20. The topological polar surface area (TPSA) is 80.4 Å². The van der Waals surface area contributed by atoms with E-state index in [4.69, 9.17) is 10.5 Å². The molecule has 0 amide bonds. The van der Waals surface area contributed by atoms with Gasteiger partial charge >= 0.3 is 0 Å². The van der Waals surface area contributed by atoms with Crippen LogP contribution in [-0.2, 0) is 0 Å². The van der Waals surface area contributed by atoms with Crippen molar-refractivity contribution < 1.29 is 18.6 Å². The van der Waals surface area contributed by atoms with Gasteiger partial charge in [-0.1, -0.05) is 0 Å². The Morgan fingerprint density at radius 3 is 2.61 bits per heavy atom. The van der Waals surface area contributed by atoms with E-state index < -0.39 is 12.5 Å². The molecule has 1 heterocycles. The van der Waals surface area contributed by atoms with E-state index in [2.05, 4.69) is 10.3 Å². The van der Waals surface area contributed by atoms with Crippen molar-refractivity contribution in [3.05, 3.63) is 23.3 Å². The van der Waals surface area contributed by atoms with Crippen LogP contribution in [0.3, 0.4) is 0 Å². The van der Waals surface area contributed by atoms with Crippen molar-refractivity contribution in [2.75, 3.05) is 18.1 Å². The molecule has 1 atom stereocenters. The Morgan fingerprint density at radius 1 is 1.35 bits per heavy atom. The predicted octanol–water partition coefficient (Wildman–Crippen LogP) is 3.52. The number of alkyl halides is 2. The predicted molar refractivity (Wildman–Crippen MR) is 88.2 cm³/mol. The number of nitrogens with zero attached hydrogens (tertiary/aromatic N) is 1. The molecule has 4 N–H and O–H groups in total. The molecule has 0 spiro atoms. The van der Waals surface area contributed by atoms with E-state index in [0.29, 0.717) is 27.6 Å². The monoisotopic (exact) mass is 343 g/mol. The average molecular weight is 343 g/mol. The van der Waals surface area contributed by atoms with Gasteiger partial charge in [-0.05, 0) is 26.0 Å². The fourth-order valence-electron chi connectivity index (χ4n) is 2.04. The van der Waals surface area contributed by atoms with Crippen molar-refractivity contribution in [3.8, 4) is 16.2 Å². The second kappa shape index (κ2) is 7.10. The van der Waals surface area contributed by atoms with Crippen LogP contribution in [0.4, 0.5) is 20.2 Å². The van der Waals surface area contributed by atoms with Gasteiger partial charge in [0.1, 0.15) is 5.01 Å². The Balaban J connectivity index is 2.51. The van der Waals surface area contributed by atoms with Crippen LogP contribution in [0.5, 0.6) is 5.75 Å².